The van der Waals surface area contributed by atoms with E-state index in [-0.39, 0.29) is 10.6 Å². The number of alkyl halides is 1. The summed E-state index contributed by atoms with van der Waals surface area (Å²) in [7, 11) is -3.39. The first kappa shape index (κ1) is 14.0. The van der Waals surface area contributed by atoms with Crippen molar-refractivity contribution in [2.24, 2.45) is 0 Å². The second-order valence-electron chi connectivity index (χ2n) is 3.54. The molecule has 0 saturated heterocycles. The molecule has 1 rings (SSSR count). The van der Waals surface area contributed by atoms with Crippen molar-refractivity contribution < 1.29 is 13.2 Å². The van der Waals surface area contributed by atoms with Gasteiger partial charge in [0, 0.05) is 12.6 Å². The standard InChI is InChI=1S/C10H13BrN2O3S/c1-7-3-4-9(12-8(2)14)5-10(7)13-17(15,16)6-11/h3-5,13H,6H2,1-2H3,(H,12,14). The first-order valence-electron chi connectivity index (χ1n) is 4.79. The van der Waals surface area contributed by atoms with E-state index in [0.717, 1.165) is 5.56 Å². The van der Waals surface area contributed by atoms with Crippen molar-refractivity contribution in [3.8, 4) is 0 Å². The number of benzene rings is 1. The summed E-state index contributed by atoms with van der Waals surface area (Å²) in [5.41, 5.74) is 1.79. The molecular weight excluding hydrogens is 308 g/mol. The number of carbonyl (C=O) groups excluding carboxylic acids is 1. The lowest BCUT2D eigenvalue weighted by molar-refractivity contribution is -0.114. The highest BCUT2D eigenvalue weighted by Gasteiger charge is 2.10. The van der Waals surface area contributed by atoms with Gasteiger partial charge in [-0.3, -0.25) is 9.52 Å². The molecule has 1 aromatic rings. The fourth-order valence-corrected chi connectivity index (χ4v) is 2.16. The zero-order valence-corrected chi connectivity index (χ0v) is 11.9. The van der Waals surface area contributed by atoms with Crippen LogP contribution < -0.4 is 10.0 Å². The van der Waals surface area contributed by atoms with Gasteiger partial charge in [0.2, 0.25) is 15.9 Å². The molecule has 0 atom stereocenters. The summed E-state index contributed by atoms with van der Waals surface area (Å²) in [6.07, 6.45) is 0. The molecule has 0 heterocycles. The van der Waals surface area contributed by atoms with Crippen molar-refractivity contribution in [2.45, 2.75) is 13.8 Å². The molecule has 5 nitrogen and oxygen atoms in total. The van der Waals surface area contributed by atoms with Crippen LogP contribution in [0.5, 0.6) is 0 Å². The molecule has 7 heteroatoms. The van der Waals surface area contributed by atoms with Gasteiger partial charge in [0.1, 0.15) is 4.66 Å². The van der Waals surface area contributed by atoms with Gasteiger partial charge >= 0.3 is 0 Å². The fraction of sp³-hybridized carbons (Fsp3) is 0.300. The monoisotopic (exact) mass is 320 g/mol. The molecule has 0 spiro atoms. The average molecular weight is 321 g/mol. The van der Waals surface area contributed by atoms with Crippen LogP contribution >= 0.6 is 15.9 Å². The van der Waals surface area contributed by atoms with Gasteiger partial charge in [-0.05, 0) is 24.6 Å². The van der Waals surface area contributed by atoms with Gasteiger partial charge in [0.05, 0.1) is 5.69 Å². The van der Waals surface area contributed by atoms with Crippen LogP contribution in [-0.4, -0.2) is 19.0 Å². The van der Waals surface area contributed by atoms with E-state index in [1.165, 1.54) is 6.92 Å². The van der Waals surface area contributed by atoms with Crippen molar-refractivity contribution in [3.63, 3.8) is 0 Å². The number of nitrogens with one attached hydrogen (secondary N) is 2. The van der Waals surface area contributed by atoms with Crippen molar-refractivity contribution >= 4 is 43.2 Å². The predicted molar refractivity (Wildman–Crippen MR) is 71.8 cm³/mol. The maximum Gasteiger partial charge on any atom is 0.242 e. The quantitative estimate of drug-likeness (QED) is 0.834. The van der Waals surface area contributed by atoms with Crippen LogP contribution in [0.2, 0.25) is 0 Å². The lowest BCUT2D eigenvalue weighted by Crippen LogP contribution is -2.14. The van der Waals surface area contributed by atoms with Crippen LogP contribution in [0.4, 0.5) is 11.4 Å². The molecule has 2 N–H and O–H groups in total. The molecule has 1 aromatic carbocycles. The Labute approximate surface area is 109 Å². The Morgan fingerprint density at radius 2 is 2.06 bits per heavy atom. The van der Waals surface area contributed by atoms with Crippen molar-refractivity contribution in [1.82, 2.24) is 0 Å². The highest BCUT2D eigenvalue weighted by Crippen LogP contribution is 2.21. The largest absolute Gasteiger partial charge is 0.326 e. The molecule has 0 radical (unpaired) electrons. The number of rotatable bonds is 4. The number of anilines is 2. The molecule has 0 aliphatic rings. The highest BCUT2D eigenvalue weighted by molar-refractivity contribution is 9.10. The van der Waals surface area contributed by atoms with Crippen LogP contribution in [0, 0.1) is 6.92 Å². The van der Waals surface area contributed by atoms with E-state index in [2.05, 4.69) is 26.0 Å². The lowest BCUT2D eigenvalue weighted by Gasteiger charge is -2.11. The molecule has 0 aliphatic carbocycles. The van der Waals surface area contributed by atoms with E-state index in [1.54, 1.807) is 25.1 Å². The van der Waals surface area contributed by atoms with Gasteiger partial charge in [-0.1, -0.05) is 22.0 Å². The number of sulfonamides is 1. The normalized spacial score (nSPS) is 11.0. The first-order chi connectivity index (χ1) is 7.84. The number of hydrogen-bond acceptors (Lipinski definition) is 3. The summed E-state index contributed by atoms with van der Waals surface area (Å²) in [4.78, 5) is 10.9. The maximum absolute atomic E-state index is 11.4. The second-order valence-corrected chi connectivity index (χ2v) is 6.56. The number of amides is 1. The Kier molecular flexibility index (Phi) is 4.53. The van der Waals surface area contributed by atoms with E-state index >= 15 is 0 Å². The molecule has 0 unspecified atom stereocenters. The molecule has 94 valence electrons. The van der Waals surface area contributed by atoms with E-state index in [1.807, 2.05) is 0 Å². The van der Waals surface area contributed by atoms with E-state index in [9.17, 15) is 13.2 Å². The summed E-state index contributed by atoms with van der Waals surface area (Å²) >= 11 is 2.89. The summed E-state index contributed by atoms with van der Waals surface area (Å²) < 4.78 is 25.1. The number of halogens is 1. The van der Waals surface area contributed by atoms with Gasteiger partial charge in [-0.15, -0.1) is 0 Å². The predicted octanol–water partition coefficient (Wildman–Crippen LogP) is 2.05. The van der Waals surface area contributed by atoms with Crippen LogP contribution in [0.25, 0.3) is 0 Å². The molecule has 0 bridgehead atoms. The second kappa shape index (κ2) is 5.50. The van der Waals surface area contributed by atoms with Gasteiger partial charge < -0.3 is 5.32 Å². The van der Waals surface area contributed by atoms with E-state index < -0.39 is 10.0 Å². The number of carbonyl (C=O) groups is 1. The van der Waals surface area contributed by atoms with Crippen LogP contribution in [0.15, 0.2) is 18.2 Å². The van der Waals surface area contributed by atoms with E-state index in [4.69, 9.17) is 0 Å². The van der Waals surface area contributed by atoms with Crippen LogP contribution in [0.3, 0.4) is 0 Å². The third-order valence-electron chi connectivity index (χ3n) is 1.97. The van der Waals surface area contributed by atoms with Crippen LogP contribution in [0.1, 0.15) is 12.5 Å². The summed E-state index contributed by atoms with van der Waals surface area (Å²) in [5.74, 6) is -0.205. The van der Waals surface area contributed by atoms with Crippen molar-refractivity contribution in [2.75, 3.05) is 14.7 Å². The maximum atomic E-state index is 11.4. The Balaban J connectivity index is 3.03. The zero-order valence-electron chi connectivity index (χ0n) is 9.45. The SMILES string of the molecule is CC(=O)Nc1ccc(C)c(NS(=O)(=O)CBr)c1. The Bertz CT molecular complexity index is 528. The third-order valence-corrected chi connectivity index (χ3v) is 4.59. The molecular formula is C10H13BrN2O3S. The Hall–Kier alpha value is -1.08. The van der Waals surface area contributed by atoms with Crippen molar-refractivity contribution in [3.05, 3.63) is 23.8 Å². The minimum absolute atomic E-state index is 0.177. The number of aryl methyl sites for hydroxylation is 1. The highest BCUT2D eigenvalue weighted by atomic mass is 79.9. The minimum atomic E-state index is -3.39. The van der Waals surface area contributed by atoms with Gasteiger partial charge in [0.15, 0.2) is 0 Å². The van der Waals surface area contributed by atoms with E-state index in [0.29, 0.717) is 11.4 Å². The third kappa shape index (κ3) is 4.35. The average Bonchev–Trinajstić information content (AvgIpc) is 2.22. The first-order valence-corrected chi connectivity index (χ1v) is 7.56. The Morgan fingerprint density at radius 3 is 2.59 bits per heavy atom. The summed E-state index contributed by atoms with van der Waals surface area (Å²) in [5, 5.41) is 2.59. The fourth-order valence-electron chi connectivity index (χ4n) is 1.21. The van der Waals surface area contributed by atoms with Crippen LogP contribution in [-0.2, 0) is 14.8 Å². The molecule has 17 heavy (non-hydrogen) atoms. The number of hydrogen-bond donors (Lipinski definition) is 2. The van der Waals surface area contributed by atoms with Gasteiger partial charge in [0.25, 0.3) is 0 Å². The topological polar surface area (TPSA) is 75.3 Å². The zero-order chi connectivity index (χ0) is 13.1. The molecule has 1 amide bonds. The van der Waals surface area contributed by atoms with Gasteiger partial charge in [-0.25, -0.2) is 8.42 Å². The smallest absolute Gasteiger partial charge is 0.242 e. The molecule has 0 aliphatic heterocycles. The van der Waals surface area contributed by atoms with Crippen molar-refractivity contribution in [1.29, 1.82) is 0 Å². The van der Waals surface area contributed by atoms with Gasteiger partial charge in [-0.2, -0.15) is 0 Å². The lowest BCUT2D eigenvalue weighted by atomic mass is 10.2. The molecule has 0 fully saturated rings. The molecule has 0 saturated carbocycles. The summed E-state index contributed by atoms with van der Waals surface area (Å²) in [6, 6.07) is 5.02. The minimum Gasteiger partial charge on any atom is -0.326 e. The molecule has 0 aromatic heterocycles. The summed E-state index contributed by atoms with van der Waals surface area (Å²) in [6.45, 7) is 3.17. The Morgan fingerprint density at radius 1 is 1.41 bits per heavy atom.